The van der Waals surface area contributed by atoms with Crippen molar-refractivity contribution in [2.45, 2.75) is 13.0 Å². The third-order valence-electron chi connectivity index (χ3n) is 2.12. The first-order valence-corrected chi connectivity index (χ1v) is 4.89. The Hall–Kier alpha value is -0.920. The SMILES string of the molecule is N#Cc1cc2c(nc1Br)CCNC2. The predicted molar refractivity (Wildman–Crippen MR) is 52.1 cm³/mol. The lowest BCUT2D eigenvalue weighted by molar-refractivity contribution is 0.628. The minimum Gasteiger partial charge on any atom is -0.312 e. The summed E-state index contributed by atoms with van der Waals surface area (Å²) in [5, 5.41) is 12.0. The quantitative estimate of drug-likeness (QED) is 0.694. The largest absolute Gasteiger partial charge is 0.312 e. The van der Waals surface area contributed by atoms with Crippen LogP contribution in [-0.2, 0) is 13.0 Å². The number of nitriles is 1. The Balaban J connectivity index is 2.52. The van der Waals surface area contributed by atoms with Gasteiger partial charge >= 0.3 is 0 Å². The van der Waals surface area contributed by atoms with Crippen molar-refractivity contribution in [1.82, 2.24) is 10.3 Å². The molecule has 4 heteroatoms. The van der Waals surface area contributed by atoms with E-state index in [0.29, 0.717) is 10.2 Å². The second-order valence-electron chi connectivity index (χ2n) is 2.97. The van der Waals surface area contributed by atoms with E-state index < -0.39 is 0 Å². The van der Waals surface area contributed by atoms with Crippen LogP contribution in [0.25, 0.3) is 0 Å². The topological polar surface area (TPSA) is 48.7 Å². The van der Waals surface area contributed by atoms with Crippen LogP contribution in [0.4, 0.5) is 0 Å². The number of nitrogens with zero attached hydrogens (tertiary/aromatic N) is 2. The molecule has 0 saturated heterocycles. The van der Waals surface area contributed by atoms with Gasteiger partial charge in [-0.15, -0.1) is 0 Å². The Morgan fingerprint density at radius 1 is 1.62 bits per heavy atom. The van der Waals surface area contributed by atoms with Crippen molar-refractivity contribution >= 4 is 15.9 Å². The highest BCUT2D eigenvalue weighted by molar-refractivity contribution is 9.10. The van der Waals surface area contributed by atoms with E-state index in [9.17, 15) is 0 Å². The third kappa shape index (κ3) is 1.58. The van der Waals surface area contributed by atoms with E-state index >= 15 is 0 Å². The third-order valence-corrected chi connectivity index (χ3v) is 2.72. The van der Waals surface area contributed by atoms with Crippen LogP contribution < -0.4 is 5.32 Å². The Kier molecular flexibility index (Phi) is 2.30. The molecule has 1 aliphatic heterocycles. The van der Waals surface area contributed by atoms with E-state index in [1.54, 1.807) is 0 Å². The van der Waals surface area contributed by atoms with Crippen molar-refractivity contribution < 1.29 is 0 Å². The second kappa shape index (κ2) is 3.44. The fraction of sp³-hybridized carbons (Fsp3) is 0.333. The molecule has 0 spiro atoms. The monoisotopic (exact) mass is 237 g/mol. The maximum absolute atomic E-state index is 8.78. The Bertz CT molecular complexity index is 381. The molecule has 2 heterocycles. The van der Waals surface area contributed by atoms with E-state index in [2.05, 4.69) is 32.3 Å². The van der Waals surface area contributed by atoms with Crippen LogP contribution in [0.3, 0.4) is 0 Å². The summed E-state index contributed by atoms with van der Waals surface area (Å²) in [6.45, 7) is 1.79. The van der Waals surface area contributed by atoms with Crippen molar-refractivity contribution in [3.8, 4) is 6.07 Å². The van der Waals surface area contributed by atoms with Gasteiger partial charge in [0.05, 0.1) is 5.56 Å². The molecule has 66 valence electrons. The van der Waals surface area contributed by atoms with Gasteiger partial charge in [0.15, 0.2) is 0 Å². The van der Waals surface area contributed by atoms with Gasteiger partial charge in [-0.1, -0.05) is 0 Å². The van der Waals surface area contributed by atoms with Crippen LogP contribution >= 0.6 is 15.9 Å². The lowest BCUT2D eigenvalue weighted by atomic mass is 10.1. The summed E-state index contributed by atoms with van der Waals surface area (Å²) in [6.07, 6.45) is 0.944. The molecule has 0 aliphatic carbocycles. The van der Waals surface area contributed by atoms with Gasteiger partial charge in [-0.25, -0.2) is 4.98 Å². The first kappa shape index (κ1) is 8.67. The van der Waals surface area contributed by atoms with Crippen molar-refractivity contribution in [3.05, 3.63) is 27.5 Å². The van der Waals surface area contributed by atoms with Gasteiger partial charge in [0, 0.05) is 25.2 Å². The molecule has 0 saturated carbocycles. The van der Waals surface area contributed by atoms with E-state index in [-0.39, 0.29) is 0 Å². The first-order valence-electron chi connectivity index (χ1n) is 4.10. The number of aromatic nitrogens is 1. The molecule has 1 aliphatic rings. The molecule has 0 unspecified atom stereocenters. The van der Waals surface area contributed by atoms with Crippen LogP contribution in [0.5, 0.6) is 0 Å². The molecule has 1 N–H and O–H groups in total. The molecule has 13 heavy (non-hydrogen) atoms. The fourth-order valence-corrected chi connectivity index (χ4v) is 1.86. The lowest BCUT2D eigenvalue weighted by Crippen LogP contribution is -2.24. The molecular weight excluding hydrogens is 230 g/mol. The van der Waals surface area contributed by atoms with E-state index in [0.717, 1.165) is 30.8 Å². The van der Waals surface area contributed by atoms with Crippen LogP contribution in [0.2, 0.25) is 0 Å². The van der Waals surface area contributed by atoms with Crippen molar-refractivity contribution in [2.75, 3.05) is 6.54 Å². The molecule has 0 bridgehead atoms. The zero-order valence-corrected chi connectivity index (χ0v) is 8.56. The average Bonchev–Trinajstić information content (AvgIpc) is 2.17. The maximum Gasteiger partial charge on any atom is 0.124 e. The number of rotatable bonds is 0. The van der Waals surface area contributed by atoms with Crippen LogP contribution in [-0.4, -0.2) is 11.5 Å². The predicted octanol–water partition coefficient (Wildman–Crippen LogP) is 1.36. The van der Waals surface area contributed by atoms with Gasteiger partial charge in [0.25, 0.3) is 0 Å². The minimum absolute atomic E-state index is 0.613. The summed E-state index contributed by atoms with van der Waals surface area (Å²) in [5.74, 6) is 0. The summed E-state index contributed by atoms with van der Waals surface area (Å²) in [6, 6.07) is 4.01. The fourth-order valence-electron chi connectivity index (χ4n) is 1.45. The molecule has 0 radical (unpaired) electrons. The molecular formula is C9H8BrN3. The summed E-state index contributed by atoms with van der Waals surface area (Å²) in [5.41, 5.74) is 2.86. The summed E-state index contributed by atoms with van der Waals surface area (Å²) < 4.78 is 0.663. The highest BCUT2D eigenvalue weighted by Gasteiger charge is 2.12. The Morgan fingerprint density at radius 2 is 2.46 bits per heavy atom. The van der Waals surface area contributed by atoms with Crippen molar-refractivity contribution in [2.24, 2.45) is 0 Å². The highest BCUT2D eigenvalue weighted by atomic mass is 79.9. The molecule has 1 aromatic heterocycles. The van der Waals surface area contributed by atoms with Crippen LogP contribution in [0.15, 0.2) is 10.7 Å². The number of pyridine rings is 1. The Morgan fingerprint density at radius 3 is 3.23 bits per heavy atom. The number of halogens is 1. The number of hydrogen-bond donors (Lipinski definition) is 1. The average molecular weight is 238 g/mol. The zero-order chi connectivity index (χ0) is 9.26. The summed E-state index contributed by atoms with van der Waals surface area (Å²) in [7, 11) is 0. The minimum atomic E-state index is 0.613. The molecule has 3 nitrogen and oxygen atoms in total. The van der Waals surface area contributed by atoms with Gasteiger partial charge in [0.2, 0.25) is 0 Å². The first-order chi connectivity index (χ1) is 6.31. The maximum atomic E-state index is 8.78. The van der Waals surface area contributed by atoms with E-state index in [4.69, 9.17) is 5.26 Å². The molecule has 0 atom stereocenters. The number of nitrogens with one attached hydrogen (secondary N) is 1. The van der Waals surface area contributed by atoms with Crippen molar-refractivity contribution in [1.29, 1.82) is 5.26 Å². The van der Waals surface area contributed by atoms with Gasteiger partial charge in [-0.3, -0.25) is 0 Å². The van der Waals surface area contributed by atoms with Crippen LogP contribution in [0, 0.1) is 11.3 Å². The summed E-state index contributed by atoms with van der Waals surface area (Å²) in [4.78, 5) is 4.34. The Labute approximate surface area is 84.9 Å². The van der Waals surface area contributed by atoms with E-state index in [1.165, 1.54) is 0 Å². The van der Waals surface area contributed by atoms with Crippen LogP contribution in [0.1, 0.15) is 16.8 Å². The molecule has 0 fully saturated rings. The lowest BCUT2D eigenvalue weighted by Gasteiger charge is -2.16. The highest BCUT2D eigenvalue weighted by Crippen LogP contribution is 2.19. The van der Waals surface area contributed by atoms with Gasteiger partial charge in [-0.2, -0.15) is 5.26 Å². The molecule has 0 aromatic carbocycles. The van der Waals surface area contributed by atoms with E-state index in [1.807, 2.05) is 6.07 Å². The zero-order valence-electron chi connectivity index (χ0n) is 6.97. The molecule has 2 rings (SSSR count). The summed E-state index contributed by atoms with van der Waals surface area (Å²) >= 11 is 3.28. The smallest absolute Gasteiger partial charge is 0.124 e. The second-order valence-corrected chi connectivity index (χ2v) is 3.72. The van der Waals surface area contributed by atoms with Gasteiger partial charge in [0.1, 0.15) is 10.7 Å². The van der Waals surface area contributed by atoms with Gasteiger partial charge in [-0.05, 0) is 27.6 Å². The molecule has 1 aromatic rings. The molecule has 0 amide bonds. The number of fused-ring (bicyclic) bond motifs is 1. The van der Waals surface area contributed by atoms with Crippen molar-refractivity contribution in [3.63, 3.8) is 0 Å². The number of hydrogen-bond acceptors (Lipinski definition) is 3. The van der Waals surface area contributed by atoms with Gasteiger partial charge < -0.3 is 5.32 Å². The standard InChI is InChI=1S/C9H8BrN3/c10-9-6(4-11)3-7-5-12-2-1-8(7)13-9/h3,12H,1-2,5H2. The normalized spacial score (nSPS) is 14.8.